The van der Waals surface area contributed by atoms with Gasteiger partial charge in [-0.1, -0.05) is 43.5 Å². The van der Waals surface area contributed by atoms with E-state index in [-0.39, 0.29) is 11.8 Å². The summed E-state index contributed by atoms with van der Waals surface area (Å²) in [6.45, 7) is 10.9. The number of carbonyl (C=O) groups is 1. The zero-order valence-electron chi connectivity index (χ0n) is 16.1. The van der Waals surface area contributed by atoms with E-state index in [1.54, 1.807) is 0 Å². The number of fused-ring (bicyclic) bond motifs is 1. The van der Waals surface area contributed by atoms with Crippen molar-refractivity contribution < 1.29 is 4.79 Å². The second kappa shape index (κ2) is 7.43. The van der Waals surface area contributed by atoms with Gasteiger partial charge in [-0.3, -0.25) is 9.20 Å². The van der Waals surface area contributed by atoms with Gasteiger partial charge in [0.2, 0.25) is 5.91 Å². The first-order chi connectivity index (χ1) is 13.6. The summed E-state index contributed by atoms with van der Waals surface area (Å²) in [5.74, 6) is 1.98. The van der Waals surface area contributed by atoms with E-state index in [1.807, 2.05) is 42.3 Å². The lowest BCUT2D eigenvalue weighted by Gasteiger charge is -2.31. The molecule has 4 rings (SSSR count). The summed E-state index contributed by atoms with van der Waals surface area (Å²) in [7, 11) is 0. The molecule has 142 valence electrons. The molecule has 0 bridgehead atoms. The van der Waals surface area contributed by atoms with E-state index in [1.165, 1.54) is 6.08 Å². The van der Waals surface area contributed by atoms with Crippen LogP contribution in [0.4, 0.5) is 0 Å². The van der Waals surface area contributed by atoms with Crippen molar-refractivity contribution in [2.45, 2.75) is 25.7 Å². The van der Waals surface area contributed by atoms with Crippen LogP contribution < -0.4 is 0 Å². The molecule has 1 atom stereocenters. The van der Waals surface area contributed by atoms with Gasteiger partial charge in [-0.2, -0.15) is 0 Å². The normalized spacial score (nSPS) is 16.9. The Hall–Kier alpha value is -3.21. The van der Waals surface area contributed by atoms with Crippen molar-refractivity contribution in [3.8, 4) is 11.4 Å². The molecule has 1 amide bonds. The molecule has 0 spiro atoms. The number of likely N-dealkylation sites (tertiary alicyclic amines) is 1. The van der Waals surface area contributed by atoms with Crippen LogP contribution >= 0.6 is 0 Å². The summed E-state index contributed by atoms with van der Waals surface area (Å²) in [4.78, 5) is 23.5. The third-order valence-electron chi connectivity index (χ3n) is 5.46. The number of nitrogens with zero attached hydrogens (tertiary/aromatic N) is 4. The molecule has 1 aliphatic rings. The lowest BCUT2D eigenvalue weighted by atomic mass is 9.94. The minimum absolute atomic E-state index is 0.00806. The molecule has 5 heteroatoms. The van der Waals surface area contributed by atoms with Crippen molar-refractivity contribution in [3.05, 3.63) is 72.8 Å². The van der Waals surface area contributed by atoms with Crippen LogP contribution in [0.3, 0.4) is 0 Å². The predicted octanol–water partition coefficient (Wildman–Crippen LogP) is 4.24. The molecule has 0 N–H and O–H groups in total. The number of imidazole rings is 1. The molecule has 0 saturated carbocycles. The Bertz CT molecular complexity index is 1050. The van der Waals surface area contributed by atoms with Gasteiger partial charge < -0.3 is 4.90 Å². The summed E-state index contributed by atoms with van der Waals surface area (Å²) < 4.78 is 2.12. The smallest absolute Gasteiger partial charge is 0.245 e. The molecule has 3 aromatic rings. The Morgan fingerprint density at radius 1 is 1.21 bits per heavy atom. The van der Waals surface area contributed by atoms with Gasteiger partial charge in [-0.15, -0.1) is 0 Å². The fourth-order valence-corrected chi connectivity index (χ4v) is 4.00. The summed E-state index contributed by atoms with van der Waals surface area (Å²) in [5, 5.41) is 0. The number of hydrogen-bond acceptors (Lipinski definition) is 3. The lowest BCUT2D eigenvalue weighted by Crippen LogP contribution is -2.38. The fourth-order valence-electron chi connectivity index (χ4n) is 4.00. The van der Waals surface area contributed by atoms with Gasteiger partial charge in [0.1, 0.15) is 11.6 Å². The molecule has 28 heavy (non-hydrogen) atoms. The van der Waals surface area contributed by atoms with Crippen molar-refractivity contribution >= 4 is 17.5 Å². The van der Waals surface area contributed by atoms with Crippen LogP contribution in [0.25, 0.3) is 23.0 Å². The van der Waals surface area contributed by atoms with Gasteiger partial charge in [0.05, 0.1) is 11.2 Å². The van der Waals surface area contributed by atoms with E-state index in [2.05, 4.69) is 34.7 Å². The molecular formula is C23H24N4O. The first-order valence-electron chi connectivity index (χ1n) is 9.60. The maximum atomic E-state index is 12.1. The SMILES string of the molecule is C=CC(=O)N1CCCC(c2nc(-c3ccc(C=C)cc3)n3c(C)nccc23)C1. The van der Waals surface area contributed by atoms with E-state index in [0.717, 1.165) is 53.4 Å². The third kappa shape index (κ3) is 3.13. The van der Waals surface area contributed by atoms with Gasteiger partial charge in [0.25, 0.3) is 0 Å². The summed E-state index contributed by atoms with van der Waals surface area (Å²) in [6, 6.07) is 10.2. The van der Waals surface area contributed by atoms with E-state index < -0.39 is 0 Å². The Balaban J connectivity index is 1.81. The van der Waals surface area contributed by atoms with Crippen LogP contribution in [-0.2, 0) is 4.79 Å². The van der Waals surface area contributed by atoms with Crippen LogP contribution in [0.5, 0.6) is 0 Å². The van der Waals surface area contributed by atoms with Crippen LogP contribution in [0.1, 0.15) is 35.8 Å². The number of carbonyl (C=O) groups excluding carboxylic acids is 1. The number of amides is 1. The molecule has 1 unspecified atom stereocenters. The van der Waals surface area contributed by atoms with Gasteiger partial charge in [0.15, 0.2) is 0 Å². The van der Waals surface area contributed by atoms with Gasteiger partial charge in [-0.25, -0.2) is 9.97 Å². The first-order valence-corrected chi connectivity index (χ1v) is 9.60. The zero-order chi connectivity index (χ0) is 19.7. The fraction of sp³-hybridized carbons (Fsp3) is 0.261. The number of piperidine rings is 1. The molecular weight excluding hydrogens is 348 g/mol. The first kappa shape index (κ1) is 18.2. The second-order valence-corrected chi connectivity index (χ2v) is 7.19. The van der Waals surface area contributed by atoms with E-state index in [9.17, 15) is 4.79 Å². The van der Waals surface area contributed by atoms with Crippen LogP contribution in [-0.4, -0.2) is 38.3 Å². The van der Waals surface area contributed by atoms with Crippen molar-refractivity contribution in [2.75, 3.05) is 13.1 Å². The van der Waals surface area contributed by atoms with Crippen LogP contribution in [0.2, 0.25) is 0 Å². The predicted molar refractivity (Wildman–Crippen MR) is 112 cm³/mol. The molecule has 5 nitrogen and oxygen atoms in total. The third-order valence-corrected chi connectivity index (χ3v) is 5.46. The largest absolute Gasteiger partial charge is 0.339 e. The molecule has 1 aromatic carbocycles. The minimum atomic E-state index is -0.00806. The summed E-state index contributed by atoms with van der Waals surface area (Å²) >= 11 is 0. The van der Waals surface area contributed by atoms with Gasteiger partial charge in [0, 0.05) is 30.8 Å². The van der Waals surface area contributed by atoms with E-state index in [4.69, 9.17) is 4.98 Å². The van der Waals surface area contributed by atoms with Gasteiger partial charge >= 0.3 is 0 Å². The average molecular weight is 372 g/mol. The number of benzene rings is 1. The van der Waals surface area contributed by atoms with Crippen molar-refractivity contribution in [2.24, 2.45) is 0 Å². The Labute approximate surface area is 165 Å². The van der Waals surface area contributed by atoms with Crippen molar-refractivity contribution in [1.29, 1.82) is 0 Å². The highest BCUT2D eigenvalue weighted by Crippen LogP contribution is 2.33. The highest BCUT2D eigenvalue weighted by atomic mass is 16.2. The Kier molecular flexibility index (Phi) is 4.82. The summed E-state index contributed by atoms with van der Waals surface area (Å²) in [5.41, 5.74) is 4.21. The zero-order valence-corrected chi connectivity index (χ0v) is 16.1. The van der Waals surface area contributed by atoms with E-state index >= 15 is 0 Å². The van der Waals surface area contributed by atoms with Crippen LogP contribution in [0, 0.1) is 6.92 Å². The van der Waals surface area contributed by atoms with Crippen molar-refractivity contribution in [3.63, 3.8) is 0 Å². The average Bonchev–Trinajstić information content (AvgIpc) is 3.14. The lowest BCUT2D eigenvalue weighted by molar-refractivity contribution is -0.127. The number of hydrogen-bond donors (Lipinski definition) is 0. The standard InChI is InChI=1S/C23H24N4O/c1-4-17-8-10-18(11-9-17)23-25-22(20-12-13-24-16(3)27(20)23)19-7-6-14-26(15-19)21(28)5-2/h4-5,8-13,19H,1-2,6-7,14-15H2,3H3. The Morgan fingerprint density at radius 2 is 2.00 bits per heavy atom. The van der Waals surface area contributed by atoms with Crippen molar-refractivity contribution in [1.82, 2.24) is 19.3 Å². The second-order valence-electron chi connectivity index (χ2n) is 7.19. The quantitative estimate of drug-likeness (QED) is 0.644. The topological polar surface area (TPSA) is 50.5 Å². The maximum absolute atomic E-state index is 12.1. The molecule has 1 saturated heterocycles. The molecule has 2 aromatic heterocycles. The number of aromatic nitrogens is 3. The minimum Gasteiger partial charge on any atom is -0.339 e. The molecule has 0 radical (unpaired) electrons. The van der Waals surface area contributed by atoms with Crippen LogP contribution in [0.15, 0.2) is 55.8 Å². The van der Waals surface area contributed by atoms with Gasteiger partial charge in [-0.05, 0) is 37.5 Å². The molecule has 1 fully saturated rings. The van der Waals surface area contributed by atoms with E-state index in [0.29, 0.717) is 6.54 Å². The highest BCUT2D eigenvalue weighted by Gasteiger charge is 2.28. The molecule has 1 aliphatic heterocycles. The number of aryl methyl sites for hydroxylation is 1. The number of rotatable bonds is 4. The molecule has 3 heterocycles. The highest BCUT2D eigenvalue weighted by molar-refractivity contribution is 5.87. The maximum Gasteiger partial charge on any atom is 0.245 e. The Morgan fingerprint density at radius 3 is 2.71 bits per heavy atom. The monoisotopic (exact) mass is 372 g/mol. The molecule has 0 aliphatic carbocycles. The summed E-state index contributed by atoms with van der Waals surface area (Å²) in [6.07, 6.45) is 7.05.